The van der Waals surface area contributed by atoms with Crippen molar-refractivity contribution in [2.75, 3.05) is 7.05 Å². The SMILES string of the molecule is CCC=NC.Cl. The van der Waals surface area contributed by atoms with E-state index in [1.54, 1.807) is 7.05 Å². The summed E-state index contributed by atoms with van der Waals surface area (Å²) < 4.78 is 0. The van der Waals surface area contributed by atoms with E-state index >= 15 is 0 Å². The highest BCUT2D eigenvalue weighted by molar-refractivity contribution is 5.85. The van der Waals surface area contributed by atoms with E-state index in [0.29, 0.717) is 0 Å². The number of nitrogens with zero attached hydrogens (tertiary/aromatic N) is 1. The predicted octanol–water partition coefficient (Wildman–Crippen LogP) is 1.52. The van der Waals surface area contributed by atoms with Gasteiger partial charge in [0.15, 0.2) is 0 Å². The molecule has 0 saturated carbocycles. The van der Waals surface area contributed by atoms with E-state index < -0.39 is 0 Å². The molecule has 0 aliphatic heterocycles. The molecule has 0 bridgehead atoms. The lowest BCUT2D eigenvalue weighted by molar-refractivity contribution is 1.29. The molecule has 2 heteroatoms. The molecule has 0 aromatic carbocycles. The fraction of sp³-hybridized carbons (Fsp3) is 0.750. The molecule has 0 N–H and O–H groups in total. The molecule has 0 radical (unpaired) electrons. The molecule has 0 atom stereocenters. The molecule has 1 nitrogen and oxygen atoms in total. The van der Waals surface area contributed by atoms with Crippen molar-refractivity contribution >= 4 is 18.6 Å². The van der Waals surface area contributed by atoms with Crippen molar-refractivity contribution in [1.82, 2.24) is 0 Å². The zero-order valence-corrected chi connectivity index (χ0v) is 4.96. The van der Waals surface area contributed by atoms with Crippen molar-refractivity contribution in [3.05, 3.63) is 0 Å². The monoisotopic (exact) mass is 107 g/mol. The Balaban J connectivity index is 0. The fourth-order valence-electron chi connectivity index (χ4n) is 0.183. The van der Waals surface area contributed by atoms with Gasteiger partial charge in [-0.05, 0) is 12.6 Å². The van der Waals surface area contributed by atoms with Crippen LogP contribution in [0.3, 0.4) is 0 Å². The summed E-state index contributed by atoms with van der Waals surface area (Å²) in [5.74, 6) is 0. The Bertz CT molecular complexity index is 34.5. The topological polar surface area (TPSA) is 12.4 Å². The summed E-state index contributed by atoms with van der Waals surface area (Å²) in [7, 11) is 1.78. The van der Waals surface area contributed by atoms with Crippen LogP contribution in [0.15, 0.2) is 4.99 Å². The van der Waals surface area contributed by atoms with Gasteiger partial charge in [0, 0.05) is 7.05 Å². The first-order valence-electron chi connectivity index (χ1n) is 1.82. The molecule has 0 rings (SSSR count). The molecule has 0 aromatic rings. The number of halogens is 1. The Kier molecular flexibility index (Phi) is 13.8. The number of hydrogen-bond donors (Lipinski definition) is 0. The Labute approximate surface area is 44.9 Å². The lowest BCUT2D eigenvalue weighted by Crippen LogP contribution is -1.60. The average Bonchev–Trinajstić information content (AvgIpc) is 1.41. The Morgan fingerprint density at radius 1 is 1.67 bits per heavy atom. The van der Waals surface area contributed by atoms with Crippen molar-refractivity contribution in [2.24, 2.45) is 4.99 Å². The number of rotatable bonds is 1. The van der Waals surface area contributed by atoms with Crippen LogP contribution in [0.5, 0.6) is 0 Å². The molecule has 0 fully saturated rings. The Morgan fingerprint density at radius 2 is 2.17 bits per heavy atom. The van der Waals surface area contributed by atoms with Crippen LogP contribution in [0.4, 0.5) is 0 Å². The lowest BCUT2D eigenvalue weighted by Gasteiger charge is -1.65. The summed E-state index contributed by atoms with van der Waals surface area (Å²) in [6.45, 7) is 2.06. The van der Waals surface area contributed by atoms with Crippen LogP contribution in [0, 0.1) is 0 Å². The molecule has 0 spiro atoms. The van der Waals surface area contributed by atoms with E-state index in [9.17, 15) is 0 Å². The van der Waals surface area contributed by atoms with Crippen molar-refractivity contribution < 1.29 is 0 Å². The molecule has 0 aliphatic carbocycles. The molecular formula is C4H10ClN. The van der Waals surface area contributed by atoms with Crippen molar-refractivity contribution in [2.45, 2.75) is 13.3 Å². The summed E-state index contributed by atoms with van der Waals surface area (Å²) in [5.41, 5.74) is 0. The zero-order valence-electron chi connectivity index (χ0n) is 4.14. The maximum Gasteiger partial charge on any atom is 0.0273 e. The molecule has 0 aliphatic rings. The van der Waals surface area contributed by atoms with Gasteiger partial charge in [-0.15, -0.1) is 12.4 Å². The van der Waals surface area contributed by atoms with Gasteiger partial charge >= 0.3 is 0 Å². The average molecular weight is 108 g/mol. The molecule has 0 amide bonds. The predicted molar refractivity (Wildman–Crippen MR) is 32.0 cm³/mol. The van der Waals surface area contributed by atoms with Gasteiger partial charge in [0.2, 0.25) is 0 Å². The minimum absolute atomic E-state index is 0. The standard InChI is InChI=1S/C4H9N.ClH/c1-3-4-5-2;/h4H,3H2,1-2H3;1H. The number of hydrogen-bond acceptors (Lipinski definition) is 1. The smallest absolute Gasteiger partial charge is 0.0273 e. The third-order valence-corrected chi connectivity index (χ3v) is 0.365. The Morgan fingerprint density at radius 3 is 2.17 bits per heavy atom. The van der Waals surface area contributed by atoms with Gasteiger partial charge in [0.25, 0.3) is 0 Å². The van der Waals surface area contributed by atoms with Crippen LogP contribution < -0.4 is 0 Å². The lowest BCUT2D eigenvalue weighted by atomic mass is 10.5. The van der Waals surface area contributed by atoms with Crippen LogP contribution >= 0.6 is 12.4 Å². The summed E-state index contributed by atoms with van der Waals surface area (Å²) in [6.07, 6.45) is 2.93. The third kappa shape index (κ3) is 9.03. The molecule has 0 saturated heterocycles. The van der Waals surface area contributed by atoms with Crippen LogP contribution in [0.2, 0.25) is 0 Å². The van der Waals surface area contributed by atoms with Gasteiger partial charge in [-0.25, -0.2) is 0 Å². The molecule has 6 heavy (non-hydrogen) atoms. The highest BCUT2D eigenvalue weighted by Gasteiger charge is 1.53. The maximum atomic E-state index is 3.73. The van der Waals surface area contributed by atoms with Gasteiger partial charge in [-0.2, -0.15) is 0 Å². The summed E-state index contributed by atoms with van der Waals surface area (Å²) in [5, 5.41) is 0. The third-order valence-electron chi connectivity index (χ3n) is 0.365. The molecule has 0 heterocycles. The minimum Gasteiger partial charge on any atom is -0.301 e. The second-order valence-electron chi connectivity index (χ2n) is 0.849. The normalized spacial score (nSPS) is 8.33. The fourth-order valence-corrected chi connectivity index (χ4v) is 0.183. The molecule has 0 unspecified atom stereocenters. The van der Waals surface area contributed by atoms with Crippen molar-refractivity contribution in [3.63, 3.8) is 0 Å². The molecule has 0 aromatic heterocycles. The largest absolute Gasteiger partial charge is 0.301 e. The van der Waals surface area contributed by atoms with Crippen molar-refractivity contribution in [1.29, 1.82) is 0 Å². The Hall–Kier alpha value is -0.0400. The summed E-state index contributed by atoms with van der Waals surface area (Å²) in [6, 6.07) is 0. The van der Waals surface area contributed by atoms with E-state index in [1.165, 1.54) is 0 Å². The van der Waals surface area contributed by atoms with E-state index in [1.807, 2.05) is 6.21 Å². The quantitative estimate of drug-likeness (QED) is 0.451. The van der Waals surface area contributed by atoms with Gasteiger partial charge in [0.05, 0.1) is 0 Å². The van der Waals surface area contributed by atoms with Gasteiger partial charge < -0.3 is 4.99 Å². The van der Waals surface area contributed by atoms with Crippen LogP contribution in [0.25, 0.3) is 0 Å². The zero-order chi connectivity index (χ0) is 4.12. The van der Waals surface area contributed by atoms with Crippen LogP contribution in [0.1, 0.15) is 13.3 Å². The van der Waals surface area contributed by atoms with Crippen LogP contribution in [-0.4, -0.2) is 13.3 Å². The highest BCUT2D eigenvalue weighted by Crippen LogP contribution is 1.60. The summed E-state index contributed by atoms with van der Waals surface area (Å²) in [4.78, 5) is 3.73. The highest BCUT2D eigenvalue weighted by atomic mass is 35.5. The second kappa shape index (κ2) is 8.88. The first-order valence-corrected chi connectivity index (χ1v) is 1.82. The van der Waals surface area contributed by atoms with Gasteiger partial charge in [-0.3, -0.25) is 0 Å². The first-order chi connectivity index (χ1) is 2.41. The van der Waals surface area contributed by atoms with E-state index in [2.05, 4.69) is 11.9 Å². The molecule has 38 valence electrons. The van der Waals surface area contributed by atoms with Crippen LogP contribution in [-0.2, 0) is 0 Å². The second-order valence-corrected chi connectivity index (χ2v) is 0.849. The van der Waals surface area contributed by atoms with E-state index in [4.69, 9.17) is 0 Å². The maximum absolute atomic E-state index is 3.73. The first kappa shape index (κ1) is 9.35. The number of aliphatic imine (C=N–C) groups is 1. The van der Waals surface area contributed by atoms with Crippen molar-refractivity contribution in [3.8, 4) is 0 Å². The van der Waals surface area contributed by atoms with Gasteiger partial charge in [-0.1, -0.05) is 6.92 Å². The summed E-state index contributed by atoms with van der Waals surface area (Å²) >= 11 is 0. The van der Waals surface area contributed by atoms with Gasteiger partial charge in [0.1, 0.15) is 0 Å². The van der Waals surface area contributed by atoms with E-state index in [0.717, 1.165) is 6.42 Å². The molecular weight excluding hydrogens is 97.5 g/mol. The van der Waals surface area contributed by atoms with E-state index in [-0.39, 0.29) is 12.4 Å². The minimum atomic E-state index is 0.